The van der Waals surface area contributed by atoms with Crippen molar-refractivity contribution in [1.82, 2.24) is 18.8 Å². The summed E-state index contributed by atoms with van der Waals surface area (Å²) in [5.74, 6) is 0.978. The van der Waals surface area contributed by atoms with Crippen molar-refractivity contribution in [2.75, 3.05) is 13.1 Å². The van der Waals surface area contributed by atoms with Gasteiger partial charge in [-0.15, -0.1) is 0 Å². The summed E-state index contributed by atoms with van der Waals surface area (Å²) in [5, 5.41) is 0. The van der Waals surface area contributed by atoms with Crippen molar-refractivity contribution in [3.05, 3.63) is 53.5 Å². The molecule has 136 valence electrons. The summed E-state index contributed by atoms with van der Waals surface area (Å²) in [5.41, 5.74) is 3.41. The fraction of sp³-hybridized carbons (Fsp3) is 0.368. The second-order valence-corrected chi connectivity index (χ2v) is 8.90. The average molecular weight is 370 g/mol. The number of aryl methyl sites for hydroxylation is 3. The minimum absolute atomic E-state index is 0.0779. The zero-order valence-corrected chi connectivity index (χ0v) is 16.0. The van der Waals surface area contributed by atoms with Crippen molar-refractivity contribution in [2.45, 2.75) is 31.1 Å². The third-order valence-electron chi connectivity index (χ3n) is 5.14. The third-order valence-corrected chi connectivity index (χ3v) is 7.15. The Bertz CT molecular complexity index is 1090. The van der Waals surface area contributed by atoms with Gasteiger partial charge in [0.05, 0.1) is 4.90 Å². The lowest BCUT2D eigenvalue weighted by Gasteiger charge is -2.18. The molecule has 0 radical (unpaired) electrons. The number of rotatable bonds is 3. The summed E-state index contributed by atoms with van der Waals surface area (Å²) in [6.07, 6.45) is 2.51. The molecule has 0 amide bonds. The third kappa shape index (κ3) is 2.71. The van der Waals surface area contributed by atoms with Crippen LogP contribution in [0.15, 0.2) is 41.4 Å². The Morgan fingerprint density at radius 3 is 2.77 bits per heavy atom. The van der Waals surface area contributed by atoms with E-state index in [0.717, 1.165) is 34.5 Å². The first-order chi connectivity index (χ1) is 12.4. The van der Waals surface area contributed by atoms with E-state index in [9.17, 15) is 8.42 Å². The van der Waals surface area contributed by atoms with Gasteiger partial charge < -0.3 is 4.57 Å². The van der Waals surface area contributed by atoms with E-state index in [-0.39, 0.29) is 5.92 Å². The predicted octanol–water partition coefficient (Wildman–Crippen LogP) is 2.76. The van der Waals surface area contributed by atoms with Crippen molar-refractivity contribution in [3.63, 3.8) is 0 Å². The first-order valence-corrected chi connectivity index (χ1v) is 10.2. The van der Waals surface area contributed by atoms with E-state index in [2.05, 4.69) is 4.98 Å². The van der Waals surface area contributed by atoms with Gasteiger partial charge in [-0.05, 0) is 49.6 Å². The Hall–Kier alpha value is -2.25. The van der Waals surface area contributed by atoms with Crippen molar-refractivity contribution in [3.8, 4) is 0 Å². The maximum atomic E-state index is 13.1. The standard InChI is InChI=1S/C19H22N4O2S/c1-13-6-7-14(2)17(11-13)26(24,25)23-10-8-15(12-23)18-21-16-5-4-9-20-19(16)22(18)3/h4-7,9,11,15H,8,10,12H2,1-3H3/t15-/m1/s1. The molecule has 1 aromatic carbocycles. The van der Waals surface area contributed by atoms with Gasteiger partial charge in [0.2, 0.25) is 10.0 Å². The lowest BCUT2D eigenvalue weighted by Crippen LogP contribution is -2.29. The maximum absolute atomic E-state index is 13.1. The number of benzene rings is 1. The molecule has 1 atom stereocenters. The molecule has 0 unspecified atom stereocenters. The van der Waals surface area contributed by atoms with Crippen LogP contribution in [0, 0.1) is 13.8 Å². The van der Waals surface area contributed by atoms with Crippen LogP contribution in [0.2, 0.25) is 0 Å². The number of aromatic nitrogens is 3. The highest BCUT2D eigenvalue weighted by molar-refractivity contribution is 7.89. The largest absolute Gasteiger partial charge is 0.316 e. The number of nitrogens with zero attached hydrogens (tertiary/aromatic N) is 4. The highest BCUT2D eigenvalue weighted by Crippen LogP contribution is 2.32. The molecule has 3 heterocycles. The van der Waals surface area contributed by atoms with Crippen molar-refractivity contribution >= 4 is 21.2 Å². The van der Waals surface area contributed by atoms with E-state index in [1.807, 2.05) is 49.7 Å². The Kier molecular flexibility index (Phi) is 4.08. The predicted molar refractivity (Wildman–Crippen MR) is 101 cm³/mol. The molecule has 26 heavy (non-hydrogen) atoms. The quantitative estimate of drug-likeness (QED) is 0.711. The molecule has 6 nitrogen and oxygen atoms in total. The Labute approximate surface area is 153 Å². The first kappa shape index (κ1) is 17.2. The summed E-state index contributed by atoms with van der Waals surface area (Å²) in [6.45, 7) is 4.72. The SMILES string of the molecule is Cc1ccc(C)c(S(=O)(=O)N2CC[C@@H](c3nc4cccnc4n3C)C2)c1. The van der Waals surface area contributed by atoms with Crippen LogP contribution in [0.25, 0.3) is 11.2 Å². The number of fused-ring (bicyclic) bond motifs is 1. The van der Waals surface area contributed by atoms with Crippen molar-refractivity contribution < 1.29 is 8.42 Å². The van der Waals surface area contributed by atoms with E-state index in [1.54, 1.807) is 16.6 Å². The van der Waals surface area contributed by atoms with E-state index in [1.165, 1.54) is 0 Å². The molecule has 1 saturated heterocycles. The Morgan fingerprint density at radius 1 is 1.19 bits per heavy atom. The van der Waals surface area contributed by atoms with Gasteiger partial charge in [-0.25, -0.2) is 18.4 Å². The molecule has 3 aromatic rings. The lowest BCUT2D eigenvalue weighted by atomic mass is 10.1. The minimum Gasteiger partial charge on any atom is -0.316 e. The number of hydrogen-bond acceptors (Lipinski definition) is 4. The monoisotopic (exact) mass is 370 g/mol. The Balaban J connectivity index is 1.65. The van der Waals surface area contributed by atoms with Crippen molar-refractivity contribution in [1.29, 1.82) is 0 Å². The number of pyridine rings is 1. The number of hydrogen-bond donors (Lipinski definition) is 0. The summed E-state index contributed by atoms with van der Waals surface area (Å²) in [4.78, 5) is 9.48. The van der Waals surface area contributed by atoms with E-state index in [0.29, 0.717) is 18.0 Å². The van der Waals surface area contributed by atoms with Crippen LogP contribution in [0.1, 0.15) is 29.3 Å². The van der Waals surface area contributed by atoms with Crippen LogP contribution in [-0.2, 0) is 17.1 Å². The molecule has 7 heteroatoms. The molecule has 0 bridgehead atoms. The molecule has 0 N–H and O–H groups in total. The zero-order valence-electron chi connectivity index (χ0n) is 15.2. The van der Waals surface area contributed by atoms with E-state index in [4.69, 9.17) is 4.98 Å². The number of imidazole rings is 1. The highest BCUT2D eigenvalue weighted by Gasteiger charge is 2.36. The van der Waals surface area contributed by atoms with Crippen LogP contribution < -0.4 is 0 Å². The van der Waals surface area contributed by atoms with Gasteiger partial charge in [-0.1, -0.05) is 12.1 Å². The fourth-order valence-electron chi connectivity index (χ4n) is 3.69. The second kappa shape index (κ2) is 6.17. The van der Waals surface area contributed by atoms with Gasteiger partial charge in [0.1, 0.15) is 11.3 Å². The molecule has 0 saturated carbocycles. The maximum Gasteiger partial charge on any atom is 0.243 e. The van der Waals surface area contributed by atoms with Gasteiger partial charge in [-0.2, -0.15) is 4.31 Å². The summed E-state index contributed by atoms with van der Waals surface area (Å²) < 4.78 is 29.8. The highest BCUT2D eigenvalue weighted by atomic mass is 32.2. The van der Waals surface area contributed by atoms with Gasteiger partial charge in [-0.3, -0.25) is 0 Å². The van der Waals surface area contributed by atoms with Gasteiger partial charge in [0.15, 0.2) is 5.65 Å². The normalized spacial score (nSPS) is 18.7. The molecule has 1 aliphatic heterocycles. The topological polar surface area (TPSA) is 68.1 Å². The van der Waals surface area contributed by atoms with E-state index < -0.39 is 10.0 Å². The van der Waals surface area contributed by atoms with Crippen LogP contribution in [-0.4, -0.2) is 40.3 Å². The lowest BCUT2D eigenvalue weighted by molar-refractivity contribution is 0.469. The molecule has 1 fully saturated rings. The zero-order chi connectivity index (χ0) is 18.5. The van der Waals surface area contributed by atoms with Gasteiger partial charge in [0, 0.05) is 32.3 Å². The summed E-state index contributed by atoms with van der Waals surface area (Å²) in [6, 6.07) is 9.37. The van der Waals surface area contributed by atoms with Gasteiger partial charge in [0.25, 0.3) is 0 Å². The Morgan fingerprint density at radius 2 is 2.00 bits per heavy atom. The fourth-order valence-corrected chi connectivity index (χ4v) is 5.50. The van der Waals surface area contributed by atoms with Crippen LogP contribution in [0.4, 0.5) is 0 Å². The van der Waals surface area contributed by atoms with Crippen LogP contribution >= 0.6 is 0 Å². The second-order valence-electron chi connectivity index (χ2n) is 6.99. The molecular formula is C19H22N4O2S. The first-order valence-electron chi connectivity index (χ1n) is 8.72. The van der Waals surface area contributed by atoms with Crippen LogP contribution in [0.5, 0.6) is 0 Å². The number of sulfonamides is 1. The van der Waals surface area contributed by atoms with Crippen LogP contribution in [0.3, 0.4) is 0 Å². The molecular weight excluding hydrogens is 348 g/mol. The average Bonchev–Trinajstić information content (AvgIpc) is 3.23. The minimum atomic E-state index is -3.50. The summed E-state index contributed by atoms with van der Waals surface area (Å²) >= 11 is 0. The molecule has 0 spiro atoms. The molecule has 4 rings (SSSR count). The summed E-state index contributed by atoms with van der Waals surface area (Å²) in [7, 11) is -1.55. The molecule has 1 aliphatic rings. The van der Waals surface area contributed by atoms with Crippen molar-refractivity contribution in [2.24, 2.45) is 7.05 Å². The smallest absolute Gasteiger partial charge is 0.243 e. The van der Waals surface area contributed by atoms with E-state index >= 15 is 0 Å². The molecule has 2 aromatic heterocycles. The van der Waals surface area contributed by atoms with Gasteiger partial charge >= 0.3 is 0 Å². The molecule has 0 aliphatic carbocycles.